The minimum atomic E-state index is 0.728. The SMILES string of the molecule is CCOc1ccc(CCNCBr)cc1C. The highest BCUT2D eigenvalue weighted by atomic mass is 79.9. The third-order valence-electron chi connectivity index (χ3n) is 2.22. The van der Waals surface area contributed by atoms with Crippen LogP contribution in [0.5, 0.6) is 5.75 Å². The molecule has 0 aliphatic rings. The molecule has 2 nitrogen and oxygen atoms in total. The largest absolute Gasteiger partial charge is 0.494 e. The summed E-state index contributed by atoms with van der Waals surface area (Å²) in [6.45, 7) is 5.82. The van der Waals surface area contributed by atoms with Crippen molar-refractivity contribution in [2.24, 2.45) is 0 Å². The van der Waals surface area contributed by atoms with Gasteiger partial charge in [-0.25, -0.2) is 0 Å². The van der Waals surface area contributed by atoms with E-state index in [0.717, 1.165) is 30.8 Å². The van der Waals surface area contributed by atoms with Crippen LogP contribution in [0.3, 0.4) is 0 Å². The van der Waals surface area contributed by atoms with Crippen molar-refractivity contribution in [3.05, 3.63) is 29.3 Å². The second kappa shape index (κ2) is 6.85. The molecule has 3 heteroatoms. The lowest BCUT2D eigenvalue weighted by Crippen LogP contribution is -2.14. The molecule has 1 aromatic carbocycles. The number of ether oxygens (including phenoxy) is 1. The summed E-state index contributed by atoms with van der Waals surface area (Å²) in [5.74, 6) is 0.995. The monoisotopic (exact) mass is 271 g/mol. The van der Waals surface area contributed by atoms with Crippen molar-refractivity contribution in [3.8, 4) is 5.75 Å². The molecule has 0 saturated heterocycles. The van der Waals surface area contributed by atoms with Crippen molar-refractivity contribution in [1.29, 1.82) is 0 Å². The van der Waals surface area contributed by atoms with Gasteiger partial charge in [0.1, 0.15) is 5.75 Å². The summed E-state index contributed by atoms with van der Waals surface area (Å²) < 4.78 is 5.49. The summed E-state index contributed by atoms with van der Waals surface area (Å²) in [6.07, 6.45) is 1.05. The highest BCUT2D eigenvalue weighted by molar-refractivity contribution is 9.09. The summed E-state index contributed by atoms with van der Waals surface area (Å²) in [7, 11) is 0. The fraction of sp³-hybridized carbons (Fsp3) is 0.500. The van der Waals surface area contributed by atoms with E-state index in [4.69, 9.17) is 4.74 Å². The Morgan fingerprint density at radius 2 is 2.20 bits per heavy atom. The van der Waals surface area contributed by atoms with E-state index in [2.05, 4.69) is 46.4 Å². The van der Waals surface area contributed by atoms with E-state index in [-0.39, 0.29) is 0 Å². The lowest BCUT2D eigenvalue weighted by molar-refractivity contribution is 0.338. The molecule has 0 aromatic heterocycles. The zero-order valence-electron chi connectivity index (χ0n) is 9.35. The fourth-order valence-electron chi connectivity index (χ4n) is 1.48. The number of aryl methyl sites for hydroxylation is 1. The van der Waals surface area contributed by atoms with E-state index in [1.807, 2.05) is 6.92 Å². The zero-order valence-corrected chi connectivity index (χ0v) is 10.9. The zero-order chi connectivity index (χ0) is 11.1. The van der Waals surface area contributed by atoms with E-state index < -0.39 is 0 Å². The van der Waals surface area contributed by atoms with Crippen molar-refractivity contribution < 1.29 is 4.74 Å². The Morgan fingerprint density at radius 3 is 2.80 bits per heavy atom. The molecule has 15 heavy (non-hydrogen) atoms. The van der Waals surface area contributed by atoms with Gasteiger partial charge in [0.15, 0.2) is 0 Å². The molecule has 84 valence electrons. The van der Waals surface area contributed by atoms with Gasteiger partial charge in [0.05, 0.1) is 12.1 Å². The average Bonchev–Trinajstić information content (AvgIpc) is 2.23. The Bertz CT molecular complexity index is 302. The Labute approximate surface area is 100 Å². The maximum Gasteiger partial charge on any atom is 0.122 e. The highest BCUT2D eigenvalue weighted by Gasteiger charge is 2.00. The van der Waals surface area contributed by atoms with Crippen molar-refractivity contribution in [1.82, 2.24) is 5.32 Å². The Morgan fingerprint density at radius 1 is 1.40 bits per heavy atom. The average molecular weight is 272 g/mol. The summed E-state index contributed by atoms with van der Waals surface area (Å²) in [4.78, 5) is 0. The van der Waals surface area contributed by atoms with E-state index in [0.29, 0.717) is 0 Å². The number of hydrogen-bond donors (Lipinski definition) is 1. The van der Waals surface area contributed by atoms with Gasteiger partial charge in [-0.2, -0.15) is 0 Å². The summed E-state index contributed by atoms with van der Waals surface area (Å²) >= 11 is 3.34. The second-order valence-electron chi connectivity index (χ2n) is 3.42. The number of halogens is 1. The molecule has 0 heterocycles. The van der Waals surface area contributed by atoms with Crippen molar-refractivity contribution in [3.63, 3.8) is 0 Å². The Balaban J connectivity index is 2.56. The molecule has 0 bridgehead atoms. The van der Waals surface area contributed by atoms with Gasteiger partial charge >= 0.3 is 0 Å². The number of rotatable bonds is 6. The van der Waals surface area contributed by atoms with Gasteiger partial charge in [-0.3, -0.25) is 0 Å². The second-order valence-corrected chi connectivity index (χ2v) is 3.98. The summed E-state index contributed by atoms with van der Waals surface area (Å²) in [5.41, 5.74) is 3.42. The topological polar surface area (TPSA) is 21.3 Å². The molecule has 0 radical (unpaired) electrons. The van der Waals surface area contributed by atoms with Crippen LogP contribution in [0.1, 0.15) is 18.1 Å². The van der Waals surface area contributed by atoms with Crippen LogP contribution in [-0.4, -0.2) is 18.6 Å². The van der Waals surface area contributed by atoms with Gasteiger partial charge in [-0.1, -0.05) is 28.1 Å². The quantitative estimate of drug-likeness (QED) is 0.488. The van der Waals surface area contributed by atoms with Crippen molar-refractivity contribution in [2.75, 3.05) is 18.6 Å². The number of benzene rings is 1. The molecule has 0 amide bonds. The van der Waals surface area contributed by atoms with Gasteiger partial charge in [0.25, 0.3) is 0 Å². The standard InChI is InChI=1S/C12H18BrNO/c1-3-15-12-5-4-11(8-10(12)2)6-7-14-9-13/h4-5,8,14H,3,6-7,9H2,1-2H3. The predicted octanol–water partition coefficient (Wildman–Crippen LogP) is 2.88. The van der Waals surface area contributed by atoms with Crippen LogP contribution in [0.25, 0.3) is 0 Å². The molecule has 0 aliphatic heterocycles. The van der Waals surface area contributed by atoms with E-state index in [9.17, 15) is 0 Å². The molecule has 0 aliphatic carbocycles. The number of alkyl halides is 1. The first-order valence-electron chi connectivity index (χ1n) is 5.27. The molecular weight excluding hydrogens is 254 g/mol. The van der Waals surface area contributed by atoms with E-state index >= 15 is 0 Å². The first-order valence-corrected chi connectivity index (χ1v) is 6.39. The minimum Gasteiger partial charge on any atom is -0.494 e. The molecule has 0 unspecified atom stereocenters. The molecule has 1 aromatic rings. The molecule has 1 rings (SSSR count). The van der Waals surface area contributed by atoms with Crippen LogP contribution in [0, 0.1) is 6.92 Å². The summed E-state index contributed by atoms with van der Waals surface area (Å²) in [6, 6.07) is 6.39. The molecular formula is C12H18BrNO. The molecule has 0 saturated carbocycles. The molecule has 0 spiro atoms. The Kier molecular flexibility index (Phi) is 5.73. The van der Waals surface area contributed by atoms with Crippen LogP contribution in [-0.2, 0) is 6.42 Å². The van der Waals surface area contributed by atoms with Crippen molar-refractivity contribution in [2.45, 2.75) is 20.3 Å². The normalized spacial score (nSPS) is 10.3. The first kappa shape index (κ1) is 12.5. The predicted molar refractivity (Wildman–Crippen MR) is 67.8 cm³/mol. The summed E-state index contributed by atoms with van der Waals surface area (Å²) in [5, 5.41) is 3.24. The van der Waals surface area contributed by atoms with Crippen LogP contribution in [0.15, 0.2) is 18.2 Å². The van der Waals surface area contributed by atoms with Gasteiger partial charge in [-0.05, 0) is 44.0 Å². The number of nitrogens with one attached hydrogen (secondary N) is 1. The van der Waals surface area contributed by atoms with Crippen LogP contribution in [0.2, 0.25) is 0 Å². The van der Waals surface area contributed by atoms with Crippen molar-refractivity contribution >= 4 is 15.9 Å². The van der Waals surface area contributed by atoms with Gasteiger partial charge in [-0.15, -0.1) is 0 Å². The van der Waals surface area contributed by atoms with E-state index in [1.54, 1.807) is 0 Å². The third kappa shape index (κ3) is 4.22. The van der Waals surface area contributed by atoms with Crippen LogP contribution < -0.4 is 10.1 Å². The van der Waals surface area contributed by atoms with Gasteiger partial charge < -0.3 is 10.1 Å². The maximum absolute atomic E-state index is 5.49. The highest BCUT2D eigenvalue weighted by Crippen LogP contribution is 2.19. The molecule has 1 N–H and O–H groups in total. The van der Waals surface area contributed by atoms with E-state index in [1.165, 1.54) is 11.1 Å². The lowest BCUT2D eigenvalue weighted by atomic mass is 10.1. The van der Waals surface area contributed by atoms with Crippen LogP contribution >= 0.6 is 15.9 Å². The van der Waals surface area contributed by atoms with Gasteiger partial charge in [0, 0.05) is 0 Å². The van der Waals surface area contributed by atoms with Gasteiger partial charge in [0.2, 0.25) is 0 Å². The maximum atomic E-state index is 5.49. The smallest absolute Gasteiger partial charge is 0.122 e. The first-order chi connectivity index (χ1) is 7.27. The Hall–Kier alpha value is -0.540. The molecule has 0 fully saturated rings. The fourth-order valence-corrected chi connectivity index (χ4v) is 1.76. The number of hydrogen-bond acceptors (Lipinski definition) is 2. The third-order valence-corrected chi connectivity index (χ3v) is 2.62. The molecule has 0 atom stereocenters. The lowest BCUT2D eigenvalue weighted by Gasteiger charge is -2.09. The minimum absolute atomic E-state index is 0.728. The van der Waals surface area contributed by atoms with Crippen LogP contribution in [0.4, 0.5) is 0 Å².